The Morgan fingerprint density at radius 3 is 2.80 bits per heavy atom. The Balaban J connectivity index is 1.93. The molecule has 0 aromatic carbocycles. The number of nitrogens with zero attached hydrogens (tertiary/aromatic N) is 3. The molecule has 0 saturated carbocycles. The molecule has 0 aliphatic carbocycles. The summed E-state index contributed by atoms with van der Waals surface area (Å²) in [4.78, 5) is 23.5. The van der Waals surface area contributed by atoms with Crippen LogP contribution in [0.1, 0.15) is 0 Å². The molecule has 1 saturated heterocycles. The molecular weight excluding hydrogens is 198 g/mol. The molecule has 0 radical (unpaired) electrons. The quantitative estimate of drug-likeness (QED) is 0.625. The maximum atomic E-state index is 11.2. The molecule has 3 amide bonds. The molecule has 1 aromatic rings. The number of nitrogens with one attached hydrogen (secondary N) is 1. The van der Waals surface area contributed by atoms with Gasteiger partial charge in [-0.25, -0.2) is 4.79 Å². The highest BCUT2D eigenvalue weighted by Gasteiger charge is 2.27. The lowest BCUT2D eigenvalue weighted by Crippen LogP contribution is -2.33. The average Bonchev–Trinajstić information content (AvgIpc) is 2.73. The van der Waals surface area contributed by atoms with Gasteiger partial charge in [-0.05, 0) is 6.07 Å². The van der Waals surface area contributed by atoms with Crippen molar-refractivity contribution in [1.82, 2.24) is 20.0 Å². The van der Waals surface area contributed by atoms with Gasteiger partial charge in [0.15, 0.2) is 0 Å². The minimum Gasteiger partial charge on any atom is -0.382 e. The first-order valence-corrected chi connectivity index (χ1v) is 4.54. The van der Waals surface area contributed by atoms with E-state index in [1.165, 1.54) is 0 Å². The number of nitrogen functional groups attached to an aromatic ring is 1. The monoisotopic (exact) mass is 209 g/mol. The summed E-state index contributed by atoms with van der Waals surface area (Å²) in [7, 11) is 0. The van der Waals surface area contributed by atoms with Gasteiger partial charge >= 0.3 is 6.03 Å². The molecule has 0 unspecified atom stereocenters. The molecule has 80 valence electrons. The SMILES string of the molecule is Nc1ccn(CCN2C(=O)CNC2=O)n1. The molecule has 1 aliphatic rings. The van der Waals surface area contributed by atoms with Crippen LogP contribution < -0.4 is 11.1 Å². The van der Waals surface area contributed by atoms with Gasteiger partial charge < -0.3 is 11.1 Å². The number of hydrogen-bond donors (Lipinski definition) is 2. The zero-order valence-electron chi connectivity index (χ0n) is 8.01. The van der Waals surface area contributed by atoms with Crippen molar-refractivity contribution in [2.75, 3.05) is 18.8 Å². The van der Waals surface area contributed by atoms with Gasteiger partial charge in [0.2, 0.25) is 5.91 Å². The summed E-state index contributed by atoms with van der Waals surface area (Å²) >= 11 is 0. The van der Waals surface area contributed by atoms with Crippen LogP contribution in [-0.4, -0.2) is 39.7 Å². The van der Waals surface area contributed by atoms with Crippen LogP contribution >= 0.6 is 0 Å². The van der Waals surface area contributed by atoms with E-state index in [-0.39, 0.29) is 18.5 Å². The van der Waals surface area contributed by atoms with Crippen molar-refractivity contribution >= 4 is 17.8 Å². The lowest BCUT2D eigenvalue weighted by Gasteiger charge is -2.11. The lowest BCUT2D eigenvalue weighted by molar-refractivity contribution is -0.125. The van der Waals surface area contributed by atoms with Crippen molar-refractivity contribution in [3.8, 4) is 0 Å². The van der Waals surface area contributed by atoms with Gasteiger partial charge in [0, 0.05) is 6.20 Å². The van der Waals surface area contributed by atoms with E-state index in [2.05, 4.69) is 10.4 Å². The van der Waals surface area contributed by atoms with Gasteiger partial charge in [0.1, 0.15) is 5.82 Å². The predicted molar refractivity (Wildman–Crippen MR) is 51.8 cm³/mol. The van der Waals surface area contributed by atoms with E-state index < -0.39 is 0 Å². The molecule has 3 N–H and O–H groups in total. The number of carbonyl (C=O) groups excluding carboxylic acids is 2. The lowest BCUT2D eigenvalue weighted by atomic mass is 10.5. The van der Waals surface area contributed by atoms with Gasteiger partial charge in [-0.1, -0.05) is 0 Å². The van der Waals surface area contributed by atoms with Crippen molar-refractivity contribution < 1.29 is 9.59 Å². The second-order valence-corrected chi connectivity index (χ2v) is 3.21. The molecule has 15 heavy (non-hydrogen) atoms. The third-order valence-electron chi connectivity index (χ3n) is 2.15. The van der Waals surface area contributed by atoms with Crippen LogP contribution in [0.4, 0.5) is 10.6 Å². The summed E-state index contributed by atoms with van der Waals surface area (Å²) in [5, 5.41) is 6.39. The van der Waals surface area contributed by atoms with E-state index in [1.807, 2.05) is 0 Å². The van der Waals surface area contributed by atoms with E-state index in [0.29, 0.717) is 18.9 Å². The summed E-state index contributed by atoms with van der Waals surface area (Å²) in [6, 6.07) is 1.31. The average molecular weight is 209 g/mol. The molecule has 0 bridgehead atoms. The zero-order chi connectivity index (χ0) is 10.8. The van der Waals surface area contributed by atoms with Crippen molar-refractivity contribution in [3.05, 3.63) is 12.3 Å². The number of anilines is 1. The summed E-state index contributed by atoms with van der Waals surface area (Å²) < 4.78 is 1.59. The second kappa shape index (κ2) is 3.60. The van der Waals surface area contributed by atoms with E-state index in [0.717, 1.165) is 4.90 Å². The fourth-order valence-electron chi connectivity index (χ4n) is 1.39. The molecule has 7 heteroatoms. The number of nitrogens with two attached hydrogens (primary N) is 1. The van der Waals surface area contributed by atoms with E-state index in [1.54, 1.807) is 16.9 Å². The Morgan fingerprint density at radius 2 is 2.27 bits per heavy atom. The molecule has 0 atom stereocenters. The van der Waals surface area contributed by atoms with Crippen molar-refractivity contribution in [2.24, 2.45) is 0 Å². The minimum absolute atomic E-state index is 0.0834. The molecule has 1 fully saturated rings. The van der Waals surface area contributed by atoms with E-state index >= 15 is 0 Å². The maximum absolute atomic E-state index is 11.2. The Bertz CT molecular complexity index is 383. The molecule has 2 rings (SSSR count). The van der Waals surface area contributed by atoms with Crippen LogP contribution in [0.15, 0.2) is 12.3 Å². The number of amides is 3. The maximum Gasteiger partial charge on any atom is 0.324 e. The van der Waals surface area contributed by atoms with Crippen molar-refractivity contribution in [2.45, 2.75) is 6.54 Å². The van der Waals surface area contributed by atoms with Gasteiger partial charge in [0.05, 0.1) is 19.6 Å². The molecule has 1 aliphatic heterocycles. The number of urea groups is 1. The van der Waals surface area contributed by atoms with Gasteiger partial charge in [-0.3, -0.25) is 14.4 Å². The van der Waals surface area contributed by atoms with Gasteiger partial charge in [-0.2, -0.15) is 5.10 Å². The second-order valence-electron chi connectivity index (χ2n) is 3.21. The van der Waals surface area contributed by atoms with Crippen LogP contribution in [0.2, 0.25) is 0 Å². The van der Waals surface area contributed by atoms with Crippen LogP contribution in [0.3, 0.4) is 0 Å². The smallest absolute Gasteiger partial charge is 0.324 e. The summed E-state index contributed by atoms with van der Waals surface area (Å²) in [5.41, 5.74) is 5.43. The van der Waals surface area contributed by atoms with Crippen molar-refractivity contribution in [3.63, 3.8) is 0 Å². The number of aromatic nitrogens is 2. The Morgan fingerprint density at radius 1 is 1.47 bits per heavy atom. The molecule has 2 heterocycles. The molecule has 1 aromatic heterocycles. The molecule has 7 nitrogen and oxygen atoms in total. The highest BCUT2D eigenvalue weighted by Crippen LogP contribution is 2.01. The minimum atomic E-state index is -0.347. The zero-order valence-corrected chi connectivity index (χ0v) is 8.01. The van der Waals surface area contributed by atoms with Gasteiger partial charge in [0.25, 0.3) is 0 Å². The Hall–Kier alpha value is -2.05. The Kier molecular flexibility index (Phi) is 2.28. The summed E-state index contributed by atoms with van der Waals surface area (Å²) in [6.07, 6.45) is 1.70. The number of carbonyl (C=O) groups is 2. The molecular formula is C8H11N5O2. The summed E-state index contributed by atoms with van der Waals surface area (Å²) in [5.74, 6) is 0.215. The highest BCUT2D eigenvalue weighted by atomic mass is 16.2. The van der Waals surface area contributed by atoms with E-state index in [9.17, 15) is 9.59 Å². The van der Waals surface area contributed by atoms with Crippen LogP contribution in [-0.2, 0) is 11.3 Å². The van der Waals surface area contributed by atoms with E-state index in [4.69, 9.17) is 5.73 Å². The fraction of sp³-hybridized carbons (Fsp3) is 0.375. The summed E-state index contributed by atoms with van der Waals surface area (Å²) in [6.45, 7) is 0.849. The number of hydrogen-bond acceptors (Lipinski definition) is 4. The third kappa shape index (κ3) is 1.90. The van der Waals surface area contributed by atoms with Gasteiger partial charge in [-0.15, -0.1) is 0 Å². The van der Waals surface area contributed by atoms with Crippen LogP contribution in [0.5, 0.6) is 0 Å². The van der Waals surface area contributed by atoms with Crippen molar-refractivity contribution in [1.29, 1.82) is 0 Å². The first-order chi connectivity index (χ1) is 7.16. The number of rotatable bonds is 3. The first kappa shape index (κ1) is 9.50. The third-order valence-corrected chi connectivity index (χ3v) is 2.15. The molecule has 0 spiro atoms. The normalized spacial score (nSPS) is 15.9. The predicted octanol–water partition coefficient (Wildman–Crippen LogP) is -0.983. The van der Waals surface area contributed by atoms with Crippen LogP contribution in [0, 0.1) is 0 Å². The first-order valence-electron chi connectivity index (χ1n) is 4.54. The van der Waals surface area contributed by atoms with Crippen LogP contribution in [0.25, 0.3) is 0 Å². The largest absolute Gasteiger partial charge is 0.382 e. The standard InChI is InChI=1S/C8H11N5O2/c9-6-1-2-12(11-6)3-4-13-7(14)5-10-8(13)15/h1-2H,3-5H2,(H2,9,11)(H,10,15). The topological polar surface area (TPSA) is 93.2 Å². The Labute approximate surface area is 85.8 Å². The number of imide groups is 1. The fourth-order valence-corrected chi connectivity index (χ4v) is 1.39. The highest BCUT2D eigenvalue weighted by molar-refractivity contribution is 6.01.